The Morgan fingerprint density at radius 1 is 1.25 bits per heavy atom. The number of hydrogen-bond donors (Lipinski definition) is 1. The van der Waals surface area contributed by atoms with Gasteiger partial charge in [-0.05, 0) is 25.0 Å². The second-order valence-electron chi connectivity index (χ2n) is 4.76. The van der Waals surface area contributed by atoms with E-state index in [9.17, 15) is 14.3 Å². The van der Waals surface area contributed by atoms with E-state index in [1.165, 1.54) is 0 Å². The second-order valence-corrected chi connectivity index (χ2v) is 4.76. The molecule has 0 aliphatic rings. The van der Waals surface area contributed by atoms with Gasteiger partial charge in [-0.25, -0.2) is 9.18 Å². The van der Waals surface area contributed by atoms with Gasteiger partial charge in [0.25, 0.3) is 0 Å². The van der Waals surface area contributed by atoms with Gasteiger partial charge < -0.3 is 9.52 Å². The molecule has 0 fully saturated rings. The molecule has 3 nitrogen and oxygen atoms in total. The first-order chi connectivity index (χ1) is 9.56. The fourth-order valence-electron chi connectivity index (χ4n) is 2.67. The Bertz CT molecular complexity index is 894. The quantitative estimate of drug-likeness (QED) is 0.543. The van der Waals surface area contributed by atoms with Crippen LogP contribution in [0.4, 0.5) is 4.39 Å². The van der Waals surface area contributed by atoms with Crippen LogP contribution in [0.5, 0.6) is 5.75 Å². The van der Waals surface area contributed by atoms with Crippen molar-refractivity contribution in [1.29, 1.82) is 0 Å². The molecule has 0 saturated heterocycles. The molecule has 4 heteroatoms. The molecule has 0 saturated carbocycles. The van der Waals surface area contributed by atoms with Crippen molar-refractivity contribution >= 4 is 21.7 Å². The minimum absolute atomic E-state index is 0.0800. The van der Waals surface area contributed by atoms with Crippen molar-refractivity contribution in [1.82, 2.24) is 0 Å². The summed E-state index contributed by atoms with van der Waals surface area (Å²) in [7, 11) is 0. The predicted molar refractivity (Wildman–Crippen MR) is 75.7 cm³/mol. The number of aromatic hydroxyl groups is 1. The van der Waals surface area contributed by atoms with Gasteiger partial charge in [-0.15, -0.1) is 0 Å². The summed E-state index contributed by atoms with van der Waals surface area (Å²) in [6.45, 7) is 3.41. The van der Waals surface area contributed by atoms with E-state index < -0.39 is 11.4 Å². The highest BCUT2D eigenvalue weighted by Gasteiger charge is 2.21. The summed E-state index contributed by atoms with van der Waals surface area (Å²) in [6.07, 6.45) is 0.441. The van der Waals surface area contributed by atoms with Gasteiger partial charge in [-0.2, -0.15) is 0 Å². The number of phenols is 1. The topological polar surface area (TPSA) is 50.4 Å². The molecular weight excluding hydrogens is 259 g/mol. The summed E-state index contributed by atoms with van der Waals surface area (Å²) in [6, 6.07) is 6.73. The smallest absolute Gasteiger partial charge is 0.348 e. The Balaban J connectivity index is 2.71. The molecule has 0 unspecified atom stereocenters. The lowest BCUT2D eigenvalue weighted by Crippen LogP contribution is -2.05. The molecule has 1 aromatic heterocycles. The molecule has 3 aromatic rings. The molecule has 0 spiro atoms. The maximum absolute atomic E-state index is 14.6. The van der Waals surface area contributed by atoms with Gasteiger partial charge >= 0.3 is 5.63 Å². The summed E-state index contributed by atoms with van der Waals surface area (Å²) in [4.78, 5) is 12.1. The average molecular weight is 272 g/mol. The molecule has 0 amide bonds. The molecule has 0 aliphatic carbocycles. The van der Waals surface area contributed by atoms with Crippen LogP contribution in [0, 0.1) is 12.7 Å². The minimum Gasteiger partial charge on any atom is -0.507 e. The predicted octanol–water partition coefficient (Wildman–Crippen LogP) is 3.66. The van der Waals surface area contributed by atoms with Gasteiger partial charge in [0.15, 0.2) is 0 Å². The number of benzene rings is 2. The lowest BCUT2D eigenvalue weighted by molar-refractivity contribution is 0.468. The van der Waals surface area contributed by atoms with Gasteiger partial charge in [-0.3, -0.25) is 0 Å². The minimum atomic E-state index is -0.718. The van der Waals surface area contributed by atoms with E-state index in [1.807, 2.05) is 0 Å². The SMILES string of the molecule is CCc1c(C)c(F)c2c(c1O)c(=O)oc1ccccc12. The van der Waals surface area contributed by atoms with Gasteiger partial charge in [0.05, 0.1) is 0 Å². The van der Waals surface area contributed by atoms with Crippen molar-refractivity contribution in [2.24, 2.45) is 0 Å². The normalized spacial score (nSPS) is 11.3. The van der Waals surface area contributed by atoms with Crippen molar-refractivity contribution in [3.8, 4) is 5.75 Å². The third-order valence-electron chi connectivity index (χ3n) is 3.69. The number of para-hydroxylation sites is 1. The van der Waals surface area contributed by atoms with E-state index in [2.05, 4.69) is 0 Å². The summed E-state index contributed by atoms with van der Waals surface area (Å²) in [5.74, 6) is -0.653. The molecule has 0 radical (unpaired) electrons. The molecule has 20 heavy (non-hydrogen) atoms. The number of rotatable bonds is 1. The zero-order chi connectivity index (χ0) is 14.4. The monoisotopic (exact) mass is 272 g/mol. The number of hydrogen-bond acceptors (Lipinski definition) is 3. The van der Waals surface area contributed by atoms with Crippen LogP contribution in [0.2, 0.25) is 0 Å². The number of phenolic OH excluding ortho intramolecular Hbond substituents is 1. The van der Waals surface area contributed by atoms with Crippen LogP contribution in [-0.2, 0) is 6.42 Å². The molecule has 102 valence electrons. The van der Waals surface area contributed by atoms with Crippen LogP contribution < -0.4 is 5.63 Å². The van der Waals surface area contributed by atoms with E-state index in [-0.39, 0.29) is 16.5 Å². The maximum Gasteiger partial charge on any atom is 0.348 e. The number of fused-ring (bicyclic) bond motifs is 3. The maximum atomic E-state index is 14.6. The van der Waals surface area contributed by atoms with Crippen LogP contribution in [0.25, 0.3) is 21.7 Å². The summed E-state index contributed by atoms with van der Waals surface area (Å²) < 4.78 is 19.8. The Kier molecular flexibility index (Phi) is 2.74. The van der Waals surface area contributed by atoms with Gasteiger partial charge in [0, 0.05) is 16.3 Å². The first kappa shape index (κ1) is 12.7. The second kappa shape index (κ2) is 4.34. The van der Waals surface area contributed by atoms with Crippen molar-refractivity contribution in [3.05, 3.63) is 51.6 Å². The average Bonchev–Trinajstić information content (AvgIpc) is 2.44. The number of halogens is 1. The van der Waals surface area contributed by atoms with Crippen molar-refractivity contribution in [2.75, 3.05) is 0 Å². The van der Waals surface area contributed by atoms with Gasteiger partial charge in [0.2, 0.25) is 0 Å². The molecule has 3 rings (SSSR count). The van der Waals surface area contributed by atoms with E-state index in [0.717, 1.165) is 0 Å². The highest BCUT2D eigenvalue weighted by molar-refractivity contribution is 6.07. The zero-order valence-electron chi connectivity index (χ0n) is 11.2. The standard InChI is InChI=1S/C16H13FO3/c1-3-9-8(2)14(17)12-10-6-4-5-7-11(10)20-16(19)13(12)15(9)18/h4-7,18H,3H2,1-2H3. The largest absolute Gasteiger partial charge is 0.507 e. The van der Waals surface area contributed by atoms with Gasteiger partial charge in [-0.1, -0.05) is 25.1 Å². The van der Waals surface area contributed by atoms with Crippen LogP contribution in [0.15, 0.2) is 33.5 Å². The first-order valence-corrected chi connectivity index (χ1v) is 6.41. The summed E-state index contributed by atoms with van der Waals surface area (Å²) >= 11 is 0. The fraction of sp³-hybridized carbons (Fsp3) is 0.188. The van der Waals surface area contributed by atoms with E-state index in [4.69, 9.17) is 4.42 Å². The Labute approximate surface area is 114 Å². The van der Waals surface area contributed by atoms with Crippen LogP contribution >= 0.6 is 0 Å². The zero-order valence-corrected chi connectivity index (χ0v) is 11.2. The van der Waals surface area contributed by atoms with E-state index >= 15 is 0 Å². The highest BCUT2D eigenvalue weighted by Crippen LogP contribution is 2.36. The Hall–Kier alpha value is -2.36. The molecule has 0 bridgehead atoms. The van der Waals surface area contributed by atoms with Crippen LogP contribution in [0.1, 0.15) is 18.1 Å². The molecular formula is C16H13FO3. The van der Waals surface area contributed by atoms with Crippen molar-refractivity contribution < 1.29 is 13.9 Å². The lowest BCUT2D eigenvalue weighted by Gasteiger charge is -2.12. The van der Waals surface area contributed by atoms with Crippen LogP contribution in [-0.4, -0.2) is 5.11 Å². The Morgan fingerprint density at radius 2 is 1.95 bits per heavy atom. The van der Waals surface area contributed by atoms with E-state index in [0.29, 0.717) is 28.5 Å². The fourth-order valence-corrected chi connectivity index (χ4v) is 2.67. The third kappa shape index (κ3) is 1.54. The third-order valence-corrected chi connectivity index (χ3v) is 3.69. The van der Waals surface area contributed by atoms with Crippen molar-refractivity contribution in [2.45, 2.75) is 20.3 Å². The first-order valence-electron chi connectivity index (χ1n) is 6.41. The summed E-state index contributed by atoms with van der Waals surface area (Å²) in [5.41, 5.74) is 0.405. The van der Waals surface area contributed by atoms with E-state index in [1.54, 1.807) is 38.1 Å². The molecule has 2 aromatic carbocycles. The summed E-state index contributed by atoms with van der Waals surface area (Å²) in [5, 5.41) is 10.8. The lowest BCUT2D eigenvalue weighted by atomic mass is 9.97. The molecule has 0 atom stereocenters. The van der Waals surface area contributed by atoms with Gasteiger partial charge in [0.1, 0.15) is 22.5 Å². The molecule has 1 N–H and O–H groups in total. The Morgan fingerprint density at radius 3 is 2.65 bits per heavy atom. The molecule has 1 heterocycles. The van der Waals surface area contributed by atoms with Crippen molar-refractivity contribution in [3.63, 3.8) is 0 Å². The molecule has 0 aliphatic heterocycles. The van der Waals surface area contributed by atoms with Crippen LogP contribution in [0.3, 0.4) is 0 Å². The highest BCUT2D eigenvalue weighted by atomic mass is 19.1.